The molecule has 1 aliphatic rings. The third-order valence-electron chi connectivity index (χ3n) is 2.28. The standard InChI is InChI=1S/C9H14O2/c1-4-8-5-6(2)9(10)11-7(8)3/h7-8H,2,4-5H2,1,3H3. The van der Waals surface area contributed by atoms with Crippen LogP contribution in [-0.4, -0.2) is 12.1 Å². The number of cyclic esters (lactones) is 1. The van der Waals surface area contributed by atoms with Gasteiger partial charge in [0.05, 0.1) is 0 Å². The van der Waals surface area contributed by atoms with Gasteiger partial charge < -0.3 is 4.74 Å². The summed E-state index contributed by atoms with van der Waals surface area (Å²) in [5.41, 5.74) is 0.620. The van der Waals surface area contributed by atoms with Gasteiger partial charge in [0, 0.05) is 5.57 Å². The summed E-state index contributed by atoms with van der Waals surface area (Å²) in [5.74, 6) is 0.252. The van der Waals surface area contributed by atoms with Crippen molar-refractivity contribution in [1.29, 1.82) is 0 Å². The van der Waals surface area contributed by atoms with Crippen molar-refractivity contribution in [2.45, 2.75) is 32.8 Å². The third kappa shape index (κ3) is 1.62. The predicted octanol–water partition coefficient (Wildman–Crippen LogP) is 1.90. The number of carbonyl (C=O) groups excluding carboxylic acids is 1. The summed E-state index contributed by atoms with van der Waals surface area (Å²) in [6.07, 6.45) is 1.92. The summed E-state index contributed by atoms with van der Waals surface area (Å²) in [7, 11) is 0. The first-order valence-electron chi connectivity index (χ1n) is 4.04. The molecule has 0 bridgehead atoms. The van der Waals surface area contributed by atoms with Crippen LogP contribution in [-0.2, 0) is 9.53 Å². The largest absolute Gasteiger partial charge is 0.459 e. The Bertz CT molecular complexity index is 184. The van der Waals surface area contributed by atoms with Gasteiger partial charge in [0.2, 0.25) is 0 Å². The highest BCUT2D eigenvalue weighted by Crippen LogP contribution is 2.26. The van der Waals surface area contributed by atoms with Crippen LogP contribution in [0.5, 0.6) is 0 Å². The fourth-order valence-corrected chi connectivity index (χ4v) is 1.39. The van der Waals surface area contributed by atoms with Crippen LogP contribution < -0.4 is 0 Å². The Morgan fingerprint density at radius 3 is 2.91 bits per heavy atom. The van der Waals surface area contributed by atoms with Crippen LogP contribution in [0.2, 0.25) is 0 Å². The topological polar surface area (TPSA) is 26.3 Å². The summed E-state index contributed by atoms with van der Waals surface area (Å²) in [6.45, 7) is 7.70. The van der Waals surface area contributed by atoms with Crippen LogP contribution in [0.25, 0.3) is 0 Å². The molecule has 2 atom stereocenters. The van der Waals surface area contributed by atoms with Crippen molar-refractivity contribution < 1.29 is 9.53 Å². The highest BCUT2D eigenvalue weighted by atomic mass is 16.5. The fourth-order valence-electron chi connectivity index (χ4n) is 1.39. The molecule has 1 rings (SSSR count). The molecule has 0 aliphatic carbocycles. The summed E-state index contributed by atoms with van der Waals surface area (Å²) < 4.78 is 5.06. The van der Waals surface area contributed by atoms with Gasteiger partial charge in [0.15, 0.2) is 0 Å². The molecule has 1 saturated heterocycles. The minimum Gasteiger partial charge on any atom is -0.459 e. The summed E-state index contributed by atoms with van der Waals surface area (Å²) >= 11 is 0. The minimum absolute atomic E-state index is 0.0676. The van der Waals surface area contributed by atoms with Gasteiger partial charge >= 0.3 is 5.97 Å². The first-order chi connectivity index (χ1) is 5.15. The van der Waals surface area contributed by atoms with Gasteiger partial charge in [-0.05, 0) is 25.7 Å². The maximum absolute atomic E-state index is 10.9. The van der Waals surface area contributed by atoms with Crippen molar-refractivity contribution in [3.8, 4) is 0 Å². The van der Waals surface area contributed by atoms with Crippen molar-refractivity contribution in [3.05, 3.63) is 12.2 Å². The lowest BCUT2D eigenvalue weighted by Gasteiger charge is -2.28. The highest BCUT2D eigenvalue weighted by molar-refractivity contribution is 5.88. The molecule has 0 aromatic rings. The maximum Gasteiger partial charge on any atom is 0.333 e. The average molecular weight is 154 g/mol. The van der Waals surface area contributed by atoms with Gasteiger partial charge in [0.1, 0.15) is 6.10 Å². The Morgan fingerprint density at radius 1 is 1.73 bits per heavy atom. The first kappa shape index (κ1) is 8.31. The number of esters is 1. The van der Waals surface area contributed by atoms with E-state index in [0.717, 1.165) is 12.8 Å². The smallest absolute Gasteiger partial charge is 0.333 e. The lowest BCUT2D eigenvalue weighted by Crippen LogP contribution is -2.31. The monoisotopic (exact) mass is 154 g/mol. The molecule has 0 N–H and O–H groups in total. The minimum atomic E-state index is -0.220. The SMILES string of the molecule is C=C1CC(CC)C(C)OC1=O. The quantitative estimate of drug-likeness (QED) is 0.426. The van der Waals surface area contributed by atoms with Crippen LogP contribution in [0.15, 0.2) is 12.2 Å². The van der Waals surface area contributed by atoms with Crippen LogP contribution in [0.1, 0.15) is 26.7 Å². The molecule has 1 heterocycles. The van der Waals surface area contributed by atoms with Crippen LogP contribution in [0.3, 0.4) is 0 Å². The Labute approximate surface area is 67.2 Å². The number of carbonyl (C=O) groups is 1. The van der Waals surface area contributed by atoms with Gasteiger partial charge in [-0.25, -0.2) is 4.79 Å². The highest BCUT2D eigenvalue weighted by Gasteiger charge is 2.28. The van der Waals surface area contributed by atoms with E-state index in [-0.39, 0.29) is 12.1 Å². The van der Waals surface area contributed by atoms with E-state index in [1.54, 1.807) is 0 Å². The van der Waals surface area contributed by atoms with E-state index < -0.39 is 0 Å². The zero-order valence-corrected chi connectivity index (χ0v) is 7.09. The summed E-state index contributed by atoms with van der Waals surface area (Å²) in [5, 5.41) is 0. The molecule has 1 fully saturated rings. The second kappa shape index (κ2) is 3.07. The van der Waals surface area contributed by atoms with Crippen molar-refractivity contribution in [2.75, 3.05) is 0 Å². The van der Waals surface area contributed by atoms with Crippen molar-refractivity contribution in [2.24, 2.45) is 5.92 Å². The van der Waals surface area contributed by atoms with Gasteiger partial charge in [0.25, 0.3) is 0 Å². The zero-order chi connectivity index (χ0) is 8.43. The molecule has 0 spiro atoms. The average Bonchev–Trinajstić information content (AvgIpc) is 1.97. The zero-order valence-electron chi connectivity index (χ0n) is 7.09. The molecule has 62 valence electrons. The van der Waals surface area contributed by atoms with E-state index in [2.05, 4.69) is 13.5 Å². The van der Waals surface area contributed by atoms with Gasteiger partial charge in [-0.2, -0.15) is 0 Å². The molecule has 2 heteroatoms. The molecule has 2 unspecified atom stereocenters. The van der Waals surface area contributed by atoms with Gasteiger partial charge in [-0.3, -0.25) is 0 Å². The number of hydrogen-bond donors (Lipinski definition) is 0. The number of rotatable bonds is 1. The normalized spacial score (nSPS) is 31.8. The molecule has 0 amide bonds. The van der Waals surface area contributed by atoms with Crippen molar-refractivity contribution in [1.82, 2.24) is 0 Å². The van der Waals surface area contributed by atoms with Crippen LogP contribution in [0, 0.1) is 5.92 Å². The molecule has 2 nitrogen and oxygen atoms in total. The van der Waals surface area contributed by atoms with Gasteiger partial charge in [-0.15, -0.1) is 0 Å². The lowest BCUT2D eigenvalue weighted by atomic mass is 9.90. The molecular weight excluding hydrogens is 140 g/mol. The maximum atomic E-state index is 10.9. The second-order valence-corrected chi connectivity index (χ2v) is 3.09. The van der Waals surface area contributed by atoms with Crippen molar-refractivity contribution >= 4 is 5.97 Å². The molecule has 0 radical (unpaired) electrons. The fraction of sp³-hybridized carbons (Fsp3) is 0.667. The van der Waals surface area contributed by atoms with Crippen LogP contribution in [0.4, 0.5) is 0 Å². The summed E-state index contributed by atoms with van der Waals surface area (Å²) in [6, 6.07) is 0. The number of ether oxygens (including phenoxy) is 1. The lowest BCUT2D eigenvalue weighted by molar-refractivity contribution is -0.150. The first-order valence-corrected chi connectivity index (χ1v) is 4.04. The van der Waals surface area contributed by atoms with E-state index >= 15 is 0 Å². The Balaban J connectivity index is 2.62. The molecule has 0 aromatic heterocycles. The Kier molecular flexibility index (Phi) is 2.32. The molecule has 0 aromatic carbocycles. The molecule has 1 aliphatic heterocycles. The molecule has 11 heavy (non-hydrogen) atoms. The van der Waals surface area contributed by atoms with Gasteiger partial charge in [-0.1, -0.05) is 13.5 Å². The Morgan fingerprint density at radius 2 is 2.36 bits per heavy atom. The van der Waals surface area contributed by atoms with E-state index in [1.807, 2.05) is 6.92 Å². The molecular formula is C9H14O2. The van der Waals surface area contributed by atoms with E-state index in [0.29, 0.717) is 11.5 Å². The van der Waals surface area contributed by atoms with E-state index in [9.17, 15) is 4.79 Å². The second-order valence-electron chi connectivity index (χ2n) is 3.09. The summed E-state index contributed by atoms with van der Waals surface area (Å²) in [4.78, 5) is 10.9. The van der Waals surface area contributed by atoms with Crippen molar-refractivity contribution in [3.63, 3.8) is 0 Å². The number of hydrogen-bond acceptors (Lipinski definition) is 2. The molecule has 0 saturated carbocycles. The predicted molar refractivity (Wildman–Crippen MR) is 43.1 cm³/mol. The third-order valence-corrected chi connectivity index (χ3v) is 2.28. The Hall–Kier alpha value is -0.790. The van der Waals surface area contributed by atoms with Crippen LogP contribution >= 0.6 is 0 Å². The van der Waals surface area contributed by atoms with E-state index in [1.165, 1.54) is 0 Å². The van der Waals surface area contributed by atoms with E-state index in [4.69, 9.17) is 4.74 Å².